The van der Waals surface area contributed by atoms with Crippen LogP contribution >= 0.6 is 0 Å². The zero-order valence-corrected chi connectivity index (χ0v) is 17.2. The number of amides is 1. The Bertz CT molecular complexity index is 1330. The average molecular weight is 436 g/mol. The number of aromatic nitrogens is 5. The molecular formula is C20H20N8O4. The number of hydrogen-bond donors (Lipinski definition) is 3. The summed E-state index contributed by atoms with van der Waals surface area (Å²) in [7, 11) is 1.52. The van der Waals surface area contributed by atoms with Crippen molar-refractivity contribution >= 4 is 28.4 Å². The van der Waals surface area contributed by atoms with Crippen LogP contribution in [0.15, 0.2) is 45.9 Å². The van der Waals surface area contributed by atoms with Crippen LogP contribution in [0.4, 0.5) is 11.4 Å². The predicted octanol–water partition coefficient (Wildman–Crippen LogP) is 0.767. The monoisotopic (exact) mass is 436 g/mol. The molecule has 0 bridgehead atoms. The highest BCUT2D eigenvalue weighted by Crippen LogP contribution is 2.25. The number of anilines is 2. The summed E-state index contributed by atoms with van der Waals surface area (Å²) in [6.07, 6.45) is 3.28. The van der Waals surface area contributed by atoms with Gasteiger partial charge in [0.2, 0.25) is 5.82 Å². The molecule has 1 fully saturated rings. The summed E-state index contributed by atoms with van der Waals surface area (Å²) in [5.41, 5.74) is 2.21. The molecule has 4 aromatic rings. The molecule has 1 aromatic carbocycles. The van der Waals surface area contributed by atoms with Crippen LogP contribution in [0.5, 0.6) is 5.75 Å². The Morgan fingerprint density at radius 3 is 2.91 bits per heavy atom. The van der Waals surface area contributed by atoms with E-state index in [1.165, 1.54) is 11.7 Å². The molecule has 3 aromatic heterocycles. The van der Waals surface area contributed by atoms with Gasteiger partial charge in [-0.15, -0.1) is 5.10 Å². The van der Waals surface area contributed by atoms with E-state index >= 15 is 0 Å². The Morgan fingerprint density at radius 2 is 2.09 bits per heavy atom. The first-order chi connectivity index (χ1) is 15.6. The van der Waals surface area contributed by atoms with Crippen molar-refractivity contribution in [3.8, 4) is 11.7 Å². The third kappa shape index (κ3) is 3.56. The van der Waals surface area contributed by atoms with Crippen molar-refractivity contribution < 1.29 is 13.9 Å². The number of methoxy groups -OCH3 is 1. The lowest BCUT2D eigenvalue weighted by Gasteiger charge is -2.30. The topological polar surface area (TPSA) is 143 Å². The van der Waals surface area contributed by atoms with Crippen molar-refractivity contribution in [3.05, 3.63) is 53.0 Å². The van der Waals surface area contributed by atoms with Crippen molar-refractivity contribution in [2.75, 3.05) is 43.5 Å². The molecule has 0 atom stereocenters. The average Bonchev–Trinajstić information content (AvgIpc) is 3.43. The number of fused-ring (bicyclic) bond motifs is 1. The Labute approximate surface area is 181 Å². The zero-order valence-electron chi connectivity index (χ0n) is 17.2. The molecule has 0 saturated carbocycles. The van der Waals surface area contributed by atoms with Gasteiger partial charge in [-0.1, -0.05) is 0 Å². The maximum absolute atomic E-state index is 12.8. The number of H-pyrrole nitrogens is 1. The molecule has 1 amide bonds. The molecule has 32 heavy (non-hydrogen) atoms. The van der Waals surface area contributed by atoms with Gasteiger partial charge in [0.15, 0.2) is 5.58 Å². The van der Waals surface area contributed by atoms with Crippen LogP contribution in [0, 0.1) is 0 Å². The summed E-state index contributed by atoms with van der Waals surface area (Å²) >= 11 is 0. The molecule has 3 N–H and O–H groups in total. The lowest BCUT2D eigenvalue weighted by Crippen LogP contribution is -2.43. The largest absolute Gasteiger partial charge is 0.497 e. The number of hydrogen-bond acceptors (Lipinski definition) is 9. The van der Waals surface area contributed by atoms with Crippen molar-refractivity contribution in [3.63, 3.8) is 0 Å². The number of aromatic amines is 1. The number of oxazole rings is 1. The van der Waals surface area contributed by atoms with Gasteiger partial charge in [0.05, 0.1) is 30.2 Å². The Kier molecular flexibility index (Phi) is 5.03. The van der Waals surface area contributed by atoms with Crippen molar-refractivity contribution in [1.29, 1.82) is 0 Å². The summed E-state index contributed by atoms with van der Waals surface area (Å²) in [5, 5.41) is 12.7. The number of ether oxygens (including phenoxy) is 1. The summed E-state index contributed by atoms with van der Waals surface area (Å²) in [6, 6.07) is 6.80. The normalized spacial score (nSPS) is 14.0. The number of nitrogens with zero attached hydrogens (tertiary/aromatic N) is 5. The van der Waals surface area contributed by atoms with E-state index in [1.807, 2.05) is 6.07 Å². The van der Waals surface area contributed by atoms with Gasteiger partial charge in [0, 0.05) is 38.4 Å². The molecule has 1 aliphatic heterocycles. The Balaban J connectivity index is 1.42. The van der Waals surface area contributed by atoms with E-state index in [0.29, 0.717) is 22.5 Å². The molecule has 0 radical (unpaired) electrons. The van der Waals surface area contributed by atoms with Crippen LogP contribution in [-0.2, 0) is 0 Å². The van der Waals surface area contributed by atoms with Gasteiger partial charge in [-0.25, -0.2) is 9.36 Å². The molecule has 0 aliphatic carbocycles. The highest BCUT2D eigenvalue weighted by Gasteiger charge is 2.21. The first kappa shape index (κ1) is 19.8. The summed E-state index contributed by atoms with van der Waals surface area (Å²) < 4.78 is 11.6. The molecular weight excluding hydrogens is 416 g/mol. The Hall–Kier alpha value is -4.19. The fourth-order valence-electron chi connectivity index (χ4n) is 3.62. The highest BCUT2D eigenvalue weighted by molar-refractivity contribution is 6.03. The lowest BCUT2D eigenvalue weighted by atomic mass is 10.2. The maximum Gasteiger partial charge on any atom is 0.427 e. The third-order valence-corrected chi connectivity index (χ3v) is 5.18. The molecule has 1 aliphatic rings. The van der Waals surface area contributed by atoms with E-state index < -0.39 is 11.7 Å². The fourth-order valence-corrected chi connectivity index (χ4v) is 3.62. The lowest BCUT2D eigenvalue weighted by molar-refractivity contribution is 0.101. The number of pyridine rings is 1. The molecule has 5 rings (SSSR count). The number of nitrogens with one attached hydrogen (secondary N) is 3. The number of carbonyl (C=O) groups is 1. The van der Waals surface area contributed by atoms with Gasteiger partial charge in [-0.3, -0.25) is 14.9 Å². The van der Waals surface area contributed by atoms with Crippen LogP contribution in [0.2, 0.25) is 0 Å². The van der Waals surface area contributed by atoms with Crippen LogP contribution in [0.3, 0.4) is 0 Å². The van der Waals surface area contributed by atoms with E-state index in [2.05, 4.69) is 35.7 Å². The second-order valence-corrected chi connectivity index (χ2v) is 7.11. The van der Waals surface area contributed by atoms with E-state index in [-0.39, 0.29) is 11.8 Å². The van der Waals surface area contributed by atoms with Gasteiger partial charge >= 0.3 is 5.76 Å². The van der Waals surface area contributed by atoms with Crippen molar-refractivity contribution in [2.45, 2.75) is 0 Å². The molecule has 1 saturated heterocycles. The SMILES string of the molecule is COc1ccc2c(c1)oc(=O)n2-c1n[nH]c(C(=O)Nc2cnccc2N2CCNCC2)n1. The van der Waals surface area contributed by atoms with Gasteiger partial charge in [-0.2, -0.15) is 4.98 Å². The minimum atomic E-state index is -0.674. The first-order valence-electron chi connectivity index (χ1n) is 9.97. The van der Waals surface area contributed by atoms with Crippen LogP contribution < -0.4 is 26.0 Å². The summed E-state index contributed by atoms with van der Waals surface area (Å²) in [4.78, 5) is 35.7. The standard InChI is InChI=1S/C20H20N8O4/c1-31-12-2-3-15-16(10-12)32-20(30)28(15)19-24-17(25-26-19)18(29)23-13-11-22-5-4-14(13)27-8-6-21-7-9-27/h2-5,10-11,21H,6-9H2,1H3,(H,23,29)(H,24,25,26). The number of piperazine rings is 1. The second kappa shape index (κ2) is 8.15. The summed E-state index contributed by atoms with van der Waals surface area (Å²) in [6.45, 7) is 3.36. The first-order valence-corrected chi connectivity index (χ1v) is 9.97. The third-order valence-electron chi connectivity index (χ3n) is 5.18. The second-order valence-electron chi connectivity index (χ2n) is 7.11. The zero-order chi connectivity index (χ0) is 22.1. The van der Waals surface area contributed by atoms with Crippen LogP contribution in [0.25, 0.3) is 17.0 Å². The van der Waals surface area contributed by atoms with Crippen LogP contribution in [0.1, 0.15) is 10.6 Å². The molecule has 12 heteroatoms. The highest BCUT2D eigenvalue weighted by atomic mass is 16.5. The minimum Gasteiger partial charge on any atom is -0.497 e. The number of benzene rings is 1. The van der Waals surface area contributed by atoms with Crippen molar-refractivity contribution in [1.82, 2.24) is 30.0 Å². The van der Waals surface area contributed by atoms with E-state index in [1.54, 1.807) is 30.6 Å². The molecule has 12 nitrogen and oxygen atoms in total. The quantitative estimate of drug-likeness (QED) is 0.413. The predicted molar refractivity (Wildman–Crippen MR) is 116 cm³/mol. The number of rotatable bonds is 5. The van der Waals surface area contributed by atoms with Gasteiger partial charge in [0.1, 0.15) is 5.75 Å². The summed E-state index contributed by atoms with van der Waals surface area (Å²) in [5.74, 6) is -0.684. The van der Waals surface area contributed by atoms with Gasteiger partial charge in [0.25, 0.3) is 11.9 Å². The van der Waals surface area contributed by atoms with E-state index in [9.17, 15) is 9.59 Å². The van der Waals surface area contributed by atoms with Crippen molar-refractivity contribution in [2.24, 2.45) is 0 Å². The molecule has 4 heterocycles. The molecule has 0 unspecified atom stereocenters. The minimum absolute atomic E-state index is 0.00224. The fraction of sp³-hybridized carbons (Fsp3) is 0.250. The smallest absolute Gasteiger partial charge is 0.427 e. The van der Waals surface area contributed by atoms with E-state index in [4.69, 9.17) is 9.15 Å². The molecule has 0 spiro atoms. The maximum atomic E-state index is 12.8. The molecule has 164 valence electrons. The Morgan fingerprint density at radius 1 is 1.25 bits per heavy atom. The van der Waals surface area contributed by atoms with Crippen LogP contribution in [-0.4, -0.2) is 63.9 Å². The number of carbonyl (C=O) groups excluding carboxylic acids is 1. The van der Waals surface area contributed by atoms with E-state index in [0.717, 1.165) is 31.9 Å². The van der Waals surface area contributed by atoms with Gasteiger partial charge in [-0.05, 0) is 18.2 Å². The van der Waals surface area contributed by atoms with Gasteiger partial charge < -0.3 is 24.7 Å².